The Balaban J connectivity index is 0.000000212. The van der Waals surface area contributed by atoms with E-state index in [2.05, 4.69) is 4.98 Å². The molecule has 1 amide bonds. The van der Waals surface area contributed by atoms with Gasteiger partial charge in [-0.05, 0) is 64.9 Å². The Hall–Kier alpha value is -4.14. The summed E-state index contributed by atoms with van der Waals surface area (Å²) in [7, 11) is -7.82. The molecule has 0 aliphatic heterocycles. The minimum Gasteiger partial charge on any atom is -0.288 e. The lowest BCUT2D eigenvalue weighted by molar-refractivity contribution is -0.124. The maximum Gasteiger partial charge on any atom is 0.294 e. The largest absolute Gasteiger partial charge is 0.294 e. The van der Waals surface area contributed by atoms with Crippen LogP contribution in [-0.2, 0) is 24.9 Å². The minimum atomic E-state index is -4.09. The lowest BCUT2D eigenvalue weighted by Gasteiger charge is -2.02. The third-order valence-corrected chi connectivity index (χ3v) is 9.34. The average Bonchev–Trinajstić information content (AvgIpc) is 3.63. The van der Waals surface area contributed by atoms with Gasteiger partial charge < -0.3 is 0 Å². The molecule has 0 spiro atoms. The second-order valence-electron chi connectivity index (χ2n) is 7.91. The molecule has 200 valence electrons. The van der Waals surface area contributed by atoms with Crippen molar-refractivity contribution in [2.24, 2.45) is 0 Å². The molecule has 10 nitrogen and oxygen atoms in total. The fraction of sp³-hybridized carbons (Fsp3) is 0. The normalized spacial score (nSPS) is 11.7. The molecular formula is C26H21N3O7S3. The van der Waals surface area contributed by atoms with Gasteiger partial charge in [-0.2, -0.15) is 16.8 Å². The highest BCUT2D eigenvalue weighted by molar-refractivity contribution is 7.92. The van der Waals surface area contributed by atoms with Crippen LogP contribution in [0.4, 0.5) is 0 Å². The van der Waals surface area contributed by atoms with Crippen LogP contribution in [0.3, 0.4) is 0 Å². The highest BCUT2D eigenvalue weighted by atomic mass is 32.2. The average molecular weight is 584 g/mol. The summed E-state index contributed by atoms with van der Waals surface area (Å²) >= 11 is 1.13. The van der Waals surface area contributed by atoms with Crippen molar-refractivity contribution in [2.45, 2.75) is 9.10 Å². The Bertz CT molecular complexity index is 1860. The number of thiophene rings is 1. The molecule has 3 heterocycles. The first kappa shape index (κ1) is 27.9. The number of rotatable bonds is 6. The number of hydrogen-bond acceptors (Lipinski definition) is 8. The summed E-state index contributed by atoms with van der Waals surface area (Å²) in [6, 6.07) is 22.1. The van der Waals surface area contributed by atoms with E-state index in [1.165, 1.54) is 36.1 Å². The van der Waals surface area contributed by atoms with Gasteiger partial charge in [0, 0.05) is 24.7 Å². The maximum atomic E-state index is 12.7. The number of nitrogens with zero attached hydrogens (tertiary/aromatic N) is 2. The van der Waals surface area contributed by atoms with Crippen molar-refractivity contribution in [3.8, 4) is 10.6 Å². The first-order valence-electron chi connectivity index (χ1n) is 11.1. The SMILES string of the molecule is O=C(/C=C/c1ccn(S(=O)(=O)c2ccc(-c3ccccn3)s2)c1)NO.O=S(=O)(O)c1ccc2ccccc2c1. The van der Waals surface area contributed by atoms with Gasteiger partial charge in [0.2, 0.25) is 0 Å². The molecule has 0 saturated heterocycles. The summed E-state index contributed by atoms with van der Waals surface area (Å²) in [6.45, 7) is 0. The van der Waals surface area contributed by atoms with Crippen LogP contribution in [0, 0.1) is 0 Å². The number of benzene rings is 2. The highest BCUT2D eigenvalue weighted by Gasteiger charge is 2.19. The standard InChI is InChI=1S/C16H13N3O4S2.C10H8O3S/c20-15(18-21)6-4-12-8-10-19(11-12)25(22,23)16-7-5-14(24-16)13-3-1-2-9-17-13;11-14(12,13)10-6-5-8-3-1-2-4-9(8)7-10/h1-11,21H,(H,18,20);1-7H,(H,11,12,13)/b6-4+;. The van der Waals surface area contributed by atoms with E-state index in [1.807, 2.05) is 30.3 Å². The van der Waals surface area contributed by atoms with Gasteiger partial charge in [0.05, 0.1) is 15.5 Å². The van der Waals surface area contributed by atoms with Crippen molar-refractivity contribution in [1.82, 2.24) is 14.4 Å². The Morgan fingerprint density at radius 2 is 1.67 bits per heavy atom. The molecule has 0 radical (unpaired) electrons. The van der Waals surface area contributed by atoms with Crippen LogP contribution in [0.25, 0.3) is 27.4 Å². The molecule has 0 aliphatic rings. The molecule has 5 aromatic rings. The molecule has 3 N–H and O–H groups in total. The van der Waals surface area contributed by atoms with Crippen LogP contribution in [0.5, 0.6) is 0 Å². The van der Waals surface area contributed by atoms with Gasteiger partial charge in [0.1, 0.15) is 4.21 Å². The molecule has 0 atom stereocenters. The van der Waals surface area contributed by atoms with Gasteiger partial charge in [0.15, 0.2) is 0 Å². The van der Waals surface area contributed by atoms with Crippen LogP contribution < -0.4 is 5.48 Å². The summed E-state index contributed by atoms with van der Waals surface area (Å²) in [5.74, 6) is -0.700. The minimum absolute atomic E-state index is 0.0730. The van der Waals surface area contributed by atoms with E-state index in [1.54, 1.807) is 42.6 Å². The Kier molecular flexibility index (Phi) is 8.38. The predicted molar refractivity (Wildman–Crippen MR) is 147 cm³/mol. The van der Waals surface area contributed by atoms with Gasteiger partial charge in [-0.15, -0.1) is 11.3 Å². The molecule has 39 heavy (non-hydrogen) atoms. The van der Waals surface area contributed by atoms with Crippen molar-refractivity contribution in [3.05, 3.63) is 109 Å². The van der Waals surface area contributed by atoms with E-state index in [9.17, 15) is 21.6 Å². The summed E-state index contributed by atoms with van der Waals surface area (Å²) < 4.78 is 57.1. The molecule has 3 aromatic heterocycles. The van der Waals surface area contributed by atoms with E-state index < -0.39 is 26.0 Å². The number of fused-ring (bicyclic) bond motifs is 1. The van der Waals surface area contributed by atoms with E-state index in [0.29, 0.717) is 11.3 Å². The summed E-state index contributed by atoms with van der Waals surface area (Å²) in [4.78, 5) is 15.9. The number of hydrogen-bond donors (Lipinski definition) is 3. The van der Waals surface area contributed by atoms with Crippen molar-refractivity contribution >= 4 is 54.2 Å². The Morgan fingerprint density at radius 3 is 2.36 bits per heavy atom. The zero-order chi connectivity index (χ0) is 28.0. The lowest BCUT2D eigenvalue weighted by atomic mass is 10.1. The summed E-state index contributed by atoms with van der Waals surface area (Å²) in [5.41, 5.74) is 2.68. The molecule has 0 aliphatic carbocycles. The third-order valence-electron chi connectivity index (χ3n) is 5.28. The van der Waals surface area contributed by atoms with Crippen molar-refractivity contribution in [2.75, 3.05) is 0 Å². The first-order valence-corrected chi connectivity index (χ1v) is 14.8. The zero-order valence-corrected chi connectivity index (χ0v) is 22.4. The number of carbonyl (C=O) groups is 1. The van der Waals surface area contributed by atoms with Crippen LogP contribution in [0.15, 0.2) is 113 Å². The number of aromatic nitrogens is 2. The van der Waals surface area contributed by atoms with E-state index in [4.69, 9.17) is 9.76 Å². The number of pyridine rings is 1. The van der Waals surface area contributed by atoms with Gasteiger partial charge in [-0.1, -0.05) is 36.4 Å². The van der Waals surface area contributed by atoms with E-state index >= 15 is 0 Å². The number of carbonyl (C=O) groups excluding carboxylic acids is 1. The lowest BCUT2D eigenvalue weighted by Crippen LogP contribution is -2.14. The van der Waals surface area contributed by atoms with Gasteiger partial charge in [-0.3, -0.25) is 19.5 Å². The van der Waals surface area contributed by atoms with Crippen molar-refractivity contribution in [1.29, 1.82) is 0 Å². The molecule has 0 bridgehead atoms. The van der Waals surface area contributed by atoms with Gasteiger partial charge >= 0.3 is 0 Å². The molecular weight excluding hydrogens is 563 g/mol. The zero-order valence-electron chi connectivity index (χ0n) is 19.9. The predicted octanol–water partition coefficient (Wildman–Crippen LogP) is 4.45. The van der Waals surface area contributed by atoms with Gasteiger partial charge in [-0.25, -0.2) is 9.45 Å². The second kappa shape index (κ2) is 11.7. The van der Waals surface area contributed by atoms with Gasteiger partial charge in [0.25, 0.3) is 26.0 Å². The number of hydroxylamine groups is 1. The van der Waals surface area contributed by atoms with Crippen LogP contribution in [0.2, 0.25) is 0 Å². The second-order valence-corrected chi connectivity index (χ2v) is 12.5. The smallest absolute Gasteiger partial charge is 0.288 e. The molecule has 5 rings (SSSR count). The quantitative estimate of drug-likeness (QED) is 0.115. The maximum absolute atomic E-state index is 12.7. The monoisotopic (exact) mass is 583 g/mol. The summed E-state index contributed by atoms with van der Waals surface area (Å²) in [5, 5.41) is 10.2. The summed E-state index contributed by atoms with van der Waals surface area (Å²) in [6.07, 6.45) is 6.92. The fourth-order valence-corrected chi connectivity index (χ4v) is 6.49. The number of nitrogens with one attached hydrogen (secondary N) is 1. The molecule has 0 saturated carbocycles. The van der Waals surface area contributed by atoms with E-state index in [-0.39, 0.29) is 9.10 Å². The third kappa shape index (κ3) is 6.85. The Morgan fingerprint density at radius 1 is 0.923 bits per heavy atom. The van der Waals surface area contributed by atoms with Crippen LogP contribution in [-0.4, -0.2) is 41.5 Å². The van der Waals surface area contributed by atoms with Crippen LogP contribution >= 0.6 is 11.3 Å². The number of amides is 1. The highest BCUT2D eigenvalue weighted by Crippen LogP contribution is 2.30. The molecule has 13 heteroatoms. The molecule has 0 unspecified atom stereocenters. The van der Waals surface area contributed by atoms with Crippen LogP contribution in [0.1, 0.15) is 5.56 Å². The first-order chi connectivity index (χ1) is 18.6. The molecule has 0 fully saturated rings. The Labute approximate surface area is 228 Å². The molecule has 2 aromatic carbocycles. The van der Waals surface area contributed by atoms with Crippen molar-refractivity contribution < 1.29 is 31.4 Å². The fourth-order valence-electron chi connectivity index (χ4n) is 3.39. The van der Waals surface area contributed by atoms with Crippen molar-refractivity contribution in [3.63, 3.8) is 0 Å². The van der Waals surface area contributed by atoms with E-state index in [0.717, 1.165) is 37.0 Å². The topological polar surface area (TPSA) is 156 Å².